The van der Waals surface area contributed by atoms with Crippen LogP contribution >= 0.6 is 11.3 Å². The number of anilines is 1. The Balaban J connectivity index is 1.50. The SMILES string of the molecule is CCNC(=O)Nc1cc(-c2nc(-c3cnn(C)c3)cs2)c(-c2cnc3c(c2)c(=O)c(C(=O)O)cn3Cc2cn(C)cn2)cn1. The Morgan fingerprint density at radius 2 is 1.84 bits per heavy atom. The van der Waals surface area contributed by atoms with E-state index in [1.165, 1.54) is 17.5 Å². The number of carboxylic acids is 1. The van der Waals surface area contributed by atoms with Crippen molar-refractivity contribution in [3.8, 4) is 33.0 Å². The molecule has 0 saturated carbocycles. The van der Waals surface area contributed by atoms with Gasteiger partial charge in [0.1, 0.15) is 22.0 Å². The summed E-state index contributed by atoms with van der Waals surface area (Å²) in [6.45, 7) is 2.47. The Bertz CT molecular complexity index is 2110. The van der Waals surface area contributed by atoms with E-state index in [-0.39, 0.29) is 17.5 Å². The first-order chi connectivity index (χ1) is 21.2. The number of carboxylic acid groups (broad SMARTS) is 1. The van der Waals surface area contributed by atoms with Gasteiger partial charge in [-0.15, -0.1) is 11.3 Å². The Hall–Kier alpha value is -5.70. The number of aromatic nitrogens is 8. The van der Waals surface area contributed by atoms with Crippen molar-refractivity contribution in [3.63, 3.8) is 0 Å². The van der Waals surface area contributed by atoms with E-state index in [1.54, 1.807) is 57.1 Å². The van der Waals surface area contributed by atoms with Gasteiger partial charge in [0.05, 0.1) is 35.8 Å². The number of nitrogens with zero attached hydrogens (tertiary/aromatic N) is 8. The highest BCUT2D eigenvalue weighted by molar-refractivity contribution is 7.13. The molecular weight excluding hydrogens is 584 g/mol. The number of carbonyl (C=O) groups is 2. The minimum absolute atomic E-state index is 0.129. The van der Waals surface area contributed by atoms with Gasteiger partial charge in [0.25, 0.3) is 0 Å². The van der Waals surface area contributed by atoms with E-state index >= 15 is 0 Å². The fourth-order valence-corrected chi connectivity index (χ4v) is 5.61. The summed E-state index contributed by atoms with van der Waals surface area (Å²) in [7, 11) is 3.65. The van der Waals surface area contributed by atoms with E-state index in [0.29, 0.717) is 45.4 Å². The van der Waals surface area contributed by atoms with Gasteiger partial charge in [0.2, 0.25) is 5.43 Å². The minimum Gasteiger partial charge on any atom is -0.477 e. The number of imidazole rings is 1. The number of rotatable bonds is 8. The first-order valence-corrected chi connectivity index (χ1v) is 14.3. The van der Waals surface area contributed by atoms with Crippen LogP contribution in [0.1, 0.15) is 23.0 Å². The van der Waals surface area contributed by atoms with E-state index < -0.39 is 17.4 Å². The lowest BCUT2D eigenvalue weighted by Crippen LogP contribution is -2.28. The van der Waals surface area contributed by atoms with Crippen LogP contribution in [0.25, 0.3) is 44.0 Å². The maximum atomic E-state index is 13.4. The summed E-state index contributed by atoms with van der Waals surface area (Å²) in [5, 5.41) is 22.1. The van der Waals surface area contributed by atoms with Gasteiger partial charge in [-0.05, 0) is 19.1 Å². The second kappa shape index (κ2) is 11.5. The van der Waals surface area contributed by atoms with Crippen molar-refractivity contribution in [1.29, 1.82) is 0 Å². The van der Waals surface area contributed by atoms with Crippen LogP contribution in [0.3, 0.4) is 0 Å². The fourth-order valence-electron chi connectivity index (χ4n) is 4.75. The maximum absolute atomic E-state index is 13.4. The topological polar surface area (TPSA) is 175 Å². The van der Waals surface area contributed by atoms with Crippen molar-refractivity contribution < 1.29 is 14.7 Å². The summed E-state index contributed by atoms with van der Waals surface area (Å²) in [5.41, 5.74) is 3.26. The molecule has 0 radical (unpaired) electrons. The number of aromatic carboxylic acids is 1. The summed E-state index contributed by atoms with van der Waals surface area (Å²) in [6, 6.07) is 2.91. The largest absolute Gasteiger partial charge is 0.477 e. The first-order valence-electron chi connectivity index (χ1n) is 13.4. The van der Waals surface area contributed by atoms with Gasteiger partial charge in [0, 0.05) is 79.3 Å². The molecule has 6 aromatic heterocycles. The van der Waals surface area contributed by atoms with Gasteiger partial charge in [-0.25, -0.2) is 29.5 Å². The van der Waals surface area contributed by atoms with Crippen LogP contribution in [0.4, 0.5) is 10.6 Å². The normalized spacial score (nSPS) is 11.2. The average Bonchev–Trinajstić information content (AvgIpc) is 3.75. The molecular formula is C29H26N10O4S. The molecule has 6 aromatic rings. The van der Waals surface area contributed by atoms with E-state index in [4.69, 9.17) is 4.98 Å². The summed E-state index contributed by atoms with van der Waals surface area (Å²) in [4.78, 5) is 55.9. The minimum atomic E-state index is -1.34. The molecule has 0 saturated heterocycles. The highest BCUT2D eigenvalue weighted by atomic mass is 32.1. The molecule has 0 atom stereocenters. The number of nitrogens with one attached hydrogen (secondary N) is 2. The van der Waals surface area contributed by atoms with E-state index in [1.807, 2.05) is 32.6 Å². The Morgan fingerprint density at radius 1 is 1.00 bits per heavy atom. The van der Waals surface area contributed by atoms with Gasteiger partial charge in [-0.2, -0.15) is 5.10 Å². The zero-order valence-corrected chi connectivity index (χ0v) is 24.7. The quantitative estimate of drug-likeness (QED) is 0.233. The van der Waals surface area contributed by atoms with Crippen LogP contribution in [0, 0.1) is 0 Å². The number of thiazole rings is 1. The van der Waals surface area contributed by atoms with Crippen molar-refractivity contribution >= 4 is 40.2 Å². The molecule has 0 spiro atoms. The average molecular weight is 611 g/mol. The smallest absolute Gasteiger partial charge is 0.341 e. The lowest BCUT2D eigenvalue weighted by molar-refractivity contribution is 0.0694. The van der Waals surface area contributed by atoms with Crippen LogP contribution in [0.2, 0.25) is 0 Å². The Kier molecular flexibility index (Phi) is 7.45. The Labute approximate surface area is 253 Å². The van der Waals surface area contributed by atoms with Crippen LogP contribution in [0.5, 0.6) is 0 Å². The molecule has 6 rings (SSSR count). The molecule has 6 heterocycles. The zero-order valence-electron chi connectivity index (χ0n) is 23.8. The number of hydrogen-bond donors (Lipinski definition) is 3. The molecule has 0 aliphatic carbocycles. The van der Waals surface area contributed by atoms with E-state index in [9.17, 15) is 19.5 Å². The van der Waals surface area contributed by atoms with Gasteiger partial charge >= 0.3 is 12.0 Å². The number of fused-ring (bicyclic) bond motifs is 1. The predicted octanol–water partition coefficient (Wildman–Crippen LogP) is 3.60. The predicted molar refractivity (Wildman–Crippen MR) is 165 cm³/mol. The molecule has 222 valence electrons. The molecule has 0 unspecified atom stereocenters. The fraction of sp³-hybridized carbons (Fsp3) is 0.172. The number of pyridine rings is 3. The van der Waals surface area contributed by atoms with Crippen LogP contribution in [-0.4, -0.2) is 62.5 Å². The molecule has 0 fully saturated rings. The third-order valence-corrected chi connectivity index (χ3v) is 7.64. The molecule has 44 heavy (non-hydrogen) atoms. The monoisotopic (exact) mass is 610 g/mol. The standard InChI is InChI=1S/C29H26N10O4S/c1-4-30-29(43)36-24-6-19(27-35-23(14-44-27)17-8-34-38(3)10-17)21(9-31-24)16-5-20-25(40)22(28(41)42)13-39(26(20)32-7-16)12-18-11-37(2)15-33-18/h5-11,13-15H,4,12H2,1-3H3,(H,41,42)(H2,30,31,36,43). The third kappa shape index (κ3) is 5.55. The zero-order chi connectivity index (χ0) is 31.0. The number of urea groups is 1. The molecule has 3 N–H and O–H groups in total. The van der Waals surface area contributed by atoms with Crippen molar-refractivity contribution in [1.82, 2.24) is 44.2 Å². The number of carbonyl (C=O) groups excluding carboxylic acids is 1. The van der Waals surface area contributed by atoms with E-state index in [2.05, 4.69) is 30.7 Å². The van der Waals surface area contributed by atoms with Crippen LogP contribution < -0.4 is 16.1 Å². The lowest BCUT2D eigenvalue weighted by Gasteiger charge is -2.14. The van der Waals surface area contributed by atoms with E-state index in [0.717, 1.165) is 11.3 Å². The molecule has 14 nitrogen and oxygen atoms in total. The lowest BCUT2D eigenvalue weighted by atomic mass is 10.0. The maximum Gasteiger partial charge on any atom is 0.341 e. The molecule has 0 aliphatic rings. The van der Waals surface area contributed by atoms with Crippen LogP contribution in [0.15, 0.2) is 65.8 Å². The summed E-state index contributed by atoms with van der Waals surface area (Å²) in [5.74, 6) is -1.04. The summed E-state index contributed by atoms with van der Waals surface area (Å²) < 4.78 is 5.07. The second-order valence-electron chi connectivity index (χ2n) is 9.97. The number of hydrogen-bond acceptors (Lipinski definition) is 9. The molecule has 15 heteroatoms. The molecule has 2 amide bonds. The van der Waals surface area contributed by atoms with Crippen molar-refractivity contribution in [2.45, 2.75) is 13.5 Å². The van der Waals surface area contributed by atoms with Crippen LogP contribution in [-0.2, 0) is 20.6 Å². The summed E-state index contributed by atoms with van der Waals surface area (Å²) in [6.07, 6.45) is 11.5. The first kappa shape index (κ1) is 28.4. The summed E-state index contributed by atoms with van der Waals surface area (Å²) >= 11 is 1.40. The third-order valence-electron chi connectivity index (χ3n) is 6.76. The molecule has 0 bridgehead atoms. The van der Waals surface area contributed by atoms with Crippen molar-refractivity contribution in [2.24, 2.45) is 14.1 Å². The van der Waals surface area contributed by atoms with Crippen molar-refractivity contribution in [2.75, 3.05) is 11.9 Å². The highest BCUT2D eigenvalue weighted by Crippen LogP contribution is 2.37. The second-order valence-corrected chi connectivity index (χ2v) is 10.8. The van der Waals surface area contributed by atoms with Crippen molar-refractivity contribution in [3.05, 3.63) is 82.5 Å². The van der Waals surface area contributed by atoms with Gasteiger partial charge in [-0.1, -0.05) is 0 Å². The Morgan fingerprint density at radius 3 is 2.55 bits per heavy atom. The number of aryl methyl sites for hydroxylation is 2. The molecule has 0 aromatic carbocycles. The van der Waals surface area contributed by atoms with Gasteiger partial charge in [-0.3, -0.25) is 14.8 Å². The highest BCUT2D eigenvalue weighted by Gasteiger charge is 2.20. The van der Waals surface area contributed by atoms with Gasteiger partial charge < -0.3 is 19.6 Å². The number of amides is 2. The van der Waals surface area contributed by atoms with Gasteiger partial charge in [0.15, 0.2) is 0 Å². The molecule has 0 aliphatic heterocycles.